The van der Waals surface area contributed by atoms with Crippen molar-refractivity contribution < 1.29 is 9.53 Å². The number of esters is 1. The summed E-state index contributed by atoms with van der Waals surface area (Å²) in [6, 6.07) is 0. The SMILES string of the molecule is COC(=O)C=Cc1cnccn1. The fourth-order valence-electron chi connectivity index (χ4n) is 0.618. The Morgan fingerprint density at radius 2 is 2.42 bits per heavy atom. The van der Waals surface area contributed by atoms with E-state index in [0.29, 0.717) is 5.69 Å². The van der Waals surface area contributed by atoms with Gasteiger partial charge in [0.05, 0.1) is 19.0 Å². The zero-order valence-electron chi connectivity index (χ0n) is 6.60. The Balaban J connectivity index is 2.64. The van der Waals surface area contributed by atoms with Gasteiger partial charge in [-0.05, 0) is 6.08 Å². The molecule has 0 spiro atoms. The van der Waals surface area contributed by atoms with Crippen molar-refractivity contribution in [1.29, 1.82) is 0 Å². The first-order chi connectivity index (χ1) is 5.83. The third-order valence-corrected chi connectivity index (χ3v) is 1.17. The predicted molar refractivity (Wildman–Crippen MR) is 43.1 cm³/mol. The number of hydrogen-bond donors (Lipinski definition) is 0. The lowest BCUT2D eigenvalue weighted by molar-refractivity contribution is -0.134. The van der Waals surface area contributed by atoms with Gasteiger partial charge in [-0.1, -0.05) is 0 Å². The van der Waals surface area contributed by atoms with E-state index in [4.69, 9.17) is 0 Å². The zero-order valence-corrected chi connectivity index (χ0v) is 6.60. The van der Waals surface area contributed by atoms with Gasteiger partial charge in [0.15, 0.2) is 0 Å². The molecule has 0 amide bonds. The maximum atomic E-state index is 10.6. The molecule has 1 aromatic heterocycles. The highest BCUT2D eigenvalue weighted by atomic mass is 16.5. The molecule has 0 aliphatic heterocycles. The smallest absolute Gasteiger partial charge is 0.330 e. The van der Waals surface area contributed by atoms with Crippen LogP contribution in [-0.2, 0) is 9.53 Å². The van der Waals surface area contributed by atoms with Gasteiger partial charge < -0.3 is 4.74 Å². The molecule has 0 bridgehead atoms. The van der Waals surface area contributed by atoms with Gasteiger partial charge in [0, 0.05) is 18.5 Å². The molecule has 0 atom stereocenters. The highest BCUT2D eigenvalue weighted by molar-refractivity contribution is 5.86. The van der Waals surface area contributed by atoms with Gasteiger partial charge in [0.25, 0.3) is 0 Å². The molecular weight excluding hydrogens is 156 g/mol. The van der Waals surface area contributed by atoms with Crippen molar-refractivity contribution in [1.82, 2.24) is 9.97 Å². The van der Waals surface area contributed by atoms with Crippen LogP contribution in [0.25, 0.3) is 6.08 Å². The van der Waals surface area contributed by atoms with Gasteiger partial charge in [-0.3, -0.25) is 9.97 Å². The molecule has 62 valence electrons. The Hall–Kier alpha value is -1.71. The van der Waals surface area contributed by atoms with E-state index in [9.17, 15) is 4.79 Å². The number of carbonyl (C=O) groups is 1. The summed E-state index contributed by atoms with van der Waals surface area (Å²) < 4.78 is 4.40. The second-order valence-electron chi connectivity index (χ2n) is 1.99. The topological polar surface area (TPSA) is 52.1 Å². The minimum atomic E-state index is -0.402. The van der Waals surface area contributed by atoms with Crippen LogP contribution in [-0.4, -0.2) is 23.0 Å². The van der Waals surface area contributed by atoms with Crippen LogP contribution in [0.4, 0.5) is 0 Å². The standard InChI is InChI=1S/C8H8N2O2/c1-12-8(11)3-2-7-6-9-4-5-10-7/h2-6H,1H3. The Kier molecular flexibility index (Phi) is 2.95. The lowest BCUT2D eigenvalue weighted by Crippen LogP contribution is -1.93. The van der Waals surface area contributed by atoms with E-state index in [1.165, 1.54) is 13.2 Å². The molecule has 0 N–H and O–H groups in total. The van der Waals surface area contributed by atoms with Gasteiger partial charge >= 0.3 is 5.97 Å². The van der Waals surface area contributed by atoms with E-state index in [2.05, 4.69) is 14.7 Å². The molecule has 1 rings (SSSR count). The van der Waals surface area contributed by atoms with Crippen molar-refractivity contribution in [2.75, 3.05) is 7.11 Å². The van der Waals surface area contributed by atoms with E-state index in [-0.39, 0.29) is 0 Å². The molecular formula is C8H8N2O2. The Bertz CT molecular complexity index is 282. The quantitative estimate of drug-likeness (QED) is 0.476. The third-order valence-electron chi connectivity index (χ3n) is 1.17. The van der Waals surface area contributed by atoms with Crippen LogP contribution >= 0.6 is 0 Å². The molecule has 0 saturated carbocycles. The number of aromatic nitrogens is 2. The molecule has 0 fully saturated rings. The number of rotatable bonds is 2. The van der Waals surface area contributed by atoms with Crippen LogP contribution in [0, 0.1) is 0 Å². The largest absolute Gasteiger partial charge is 0.466 e. The Labute approximate surface area is 69.9 Å². The van der Waals surface area contributed by atoms with Crippen LogP contribution in [0.15, 0.2) is 24.7 Å². The van der Waals surface area contributed by atoms with E-state index in [1.807, 2.05) is 0 Å². The molecule has 0 unspecified atom stereocenters. The zero-order chi connectivity index (χ0) is 8.81. The van der Waals surface area contributed by atoms with Crippen molar-refractivity contribution in [3.8, 4) is 0 Å². The maximum absolute atomic E-state index is 10.6. The Morgan fingerprint density at radius 1 is 1.58 bits per heavy atom. The van der Waals surface area contributed by atoms with E-state index < -0.39 is 5.97 Å². The first kappa shape index (κ1) is 8.39. The van der Waals surface area contributed by atoms with Crippen molar-refractivity contribution in [3.63, 3.8) is 0 Å². The number of hydrogen-bond acceptors (Lipinski definition) is 4. The van der Waals surface area contributed by atoms with E-state index in [0.717, 1.165) is 0 Å². The minimum absolute atomic E-state index is 0.402. The average Bonchev–Trinajstić information content (AvgIpc) is 2.16. The van der Waals surface area contributed by atoms with E-state index in [1.54, 1.807) is 24.7 Å². The number of nitrogens with zero attached hydrogens (tertiary/aromatic N) is 2. The van der Waals surface area contributed by atoms with Gasteiger partial charge in [0.1, 0.15) is 0 Å². The molecule has 4 heteroatoms. The van der Waals surface area contributed by atoms with Gasteiger partial charge in [0.2, 0.25) is 0 Å². The summed E-state index contributed by atoms with van der Waals surface area (Å²) >= 11 is 0. The minimum Gasteiger partial charge on any atom is -0.466 e. The van der Waals surface area contributed by atoms with Crippen LogP contribution in [0.1, 0.15) is 5.69 Å². The summed E-state index contributed by atoms with van der Waals surface area (Å²) in [7, 11) is 1.32. The molecule has 12 heavy (non-hydrogen) atoms. The average molecular weight is 164 g/mol. The van der Waals surface area contributed by atoms with Gasteiger partial charge in [-0.25, -0.2) is 4.79 Å². The highest BCUT2D eigenvalue weighted by Crippen LogP contribution is 1.93. The van der Waals surface area contributed by atoms with Gasteiger partial charge in [-0.15, -0.1) is 0 Å². The van der Waals surface area contributed by atoms with Crippen molar-refractivity contribution >= 4 is 12.0 Å². The summed E-state index contributed by atoms with van der Waals surface area (Å²) in [5.41, 5.74) is 0.628. The molecule has 0 radical (unpaired) electrons. The molecule has 0 saturated heterocycles. The molecule has 0 aromatic carbocycles. The summed E-state index contributed by atoms with van der Waals surface area (Å²) in [5.74, 6) is -0.402. The van der Waals surface area contributed by atoms with Crippen molar-refractivity contribution in [3.05, 3.63) is 30.4 Å². The monoisotopic (exact) mass is 164 g/mol. The highest BCUT2D eigenvalue weighted by Gasteiger charge is 1.91. The number of carbonyl (C=O) groups excluding carboxylic acids is 1. The summed E-state index contributed by atoms with van der Waals surface area (Å²) in [4.78, 5) is 18.4. The fourth-order valence-corrected chi connectivity index (χ4v) is 0.618. The molecule has 1 aromatic rings. The Morgan fingerprint density at radius 3 is 3.00 bits per heavy atom. The number of methoxy groups -OCH3 is 1. The normalized spacial score (nSPS) is 10.1. The first-order valence-corrected chi connectivity index (χ1v) is 3.35. The summed E-state index contributed by atoms with van der Waals surface area (Å²) in [6.07, 6.45) is 7.51. The van der Waals surface area contributed by atoms with Crippen molar-refractivity contribution in [2.45, 2.75) is 0 Å². The molecule has 1 heterocycles. The maximum Gasteiger partial charge on any atom is 0.330 e. The third kappa shape index (κ3) is 2.49. The second-order valence-corrected chi connectivity index (χ2v) is 1.99. The van der Waals surface area contributed by atoms with E-state index >= 15 is 0 Å². The van der Waals surface area contributed by atoms with Crippen LogP contribution < -0.4 is 0 Å². The van der Waals surface area contributed by atoms with Crippen LogP contribution in [0.2, 0.25) is 0 Å². The first-order valence-electron chi connectivity index (χ1n) is 3.35. The summed E-state index contributed by atoms with van der Waals surface area (Å²) in [6.45, 7) is 0. The van der Waals surface area contributed by atoms with Crippen LogP contribution in [0.3, 0.4) is 0 Å². The van der Waals surface area contributed by atoms with Crippen LogP contribution in [0.5, 0.6) is 0 Å². The predicted octanol–water partition coefficient (Wildman–Crippen LogP) is 0.663. The number of ether oxygens (including phenoxy) is 1. The fraction of sp³-hybridized carbons (Fsp3) is 0.125. The molecule has 4 nitrogen and oxygen atoms in total. The summed E-state index contributed by atoms with van der Waals surface area (Å²) in [5, 5.41) is 0. The van der Waals surface area contributed by atoms with Crippen molar-refractivity contribution in [2.24, 2.45) is 0 Å². The second kappa shape index (κ2) is 4.23. The molecule has 0 aliphatic carbocycles. The lowest BCUT2D eigenvalue weighted by atomic mass is 10.4. The lowest BCUT2D eigenvalue weighted by Gasteiger charge is -1.89. The molecule has 0 aliphatic rings. The van der Waals surface area contributed by atoms with Gasteiger partial charge in [-0.2, -0.15) is 0 Å².